The number of carbonyl (C=O) groups excluding carboxylic acids is 1. The Morgan fingerprint density at radius 2 is 1.51 bits per heavy atom. The molecule has 0 bridgehead atoms. The van der Waals surface area contributed by atoms with E-state index in [-0.39, 0.29) is 24.6 Å². The zero-order valence-electron chi connectivity index (χ0n) is 32.4. The van der Waals surface area contributed by atoms with Crippen LogP contribution in [0.1, 0.15) is 57.0 Å². The third-order valence-electron chi connectivity index (χ3n) is 9.56. The second-order valence-corrected chi connectivity index (χ2v) is 15.9. The Kier molecular flexibility index (Phi) is 12.6. The topological polar surface area (TPSA) is 163 Å². The Morgan fingerprint density at radius 1 is 0.930 bits per heavy atom. The van der Waals surface area contributed by atoms with Crippen LogP contribution < -0.4 is 25.4 Å². The number of carbonyl (C=O) groups is 1. The lowest BCUT2D eigenvalue weighted by Gasteiger charge is -2.37. The smallest absolute Gasteiger partial charge is 0.459 e. The molecule has 5 aromatic rings. The number of para-hydroxylation sites is 1. The van der Waals surface area contributed by atoms with Gasteiger partial charge in [-0.2, -0.15) is 15.3 Å². The first kappa shape index (κ1) is 40.9. The zero-order valence-corrected chi connectivity index (χ0v) is 33.3. The molecule has 1 aliphatic rings. The van der Waals surface area contributed by atoms with Crippen molar-refractivity contribution in [2.75, 3.05) is 19.0 Å². The lowest BCUT2D eigenvalue weighted by atomic mass is 9.77. The van der Waals surface area contributed by atoms with Gasteiger partial charge in [-0.15, -0.1) is 0 Å². The first-order valence-corrected chi connectivity index (χ1v) is 20.1. The van der Waals surface area contributed by atoms with Crippen molar-refractivity contribution < 1.29 is 32.6 Å². The van der Waals surface area contributed by atoms with Crippen molar-refractivity contribution in [3.05, 3.63) is 155 Å². The van der Waals surface area contributed by atoms with Crippen molar-refractivity contribution in [1.82, 2.24) is 14.6 Å². The Labute approximate surface area is 332 Å². The van der Waals surface area contributed by atoms with E-state index in [2.05, 4.69) is 21.5 Å². The van der Waals surface area contributed by atoms with E-state index in [1.807, 2.05) is 84.9 Å². The lowest BCUT2D eigenvalue weighted by Crippen LogP contribution is -2.40. The number of anilines is 1. The van der Waals surface area contributed by atoms with Crippen LogP contribution in [-0.4, -0.2) is 47.5 Å². The first-order chi connectivity index (χ1) is 27.4. The fraction of sp³-hybridized carbons (Fsp3) is 0.302. The fourth-order valence-electron chi connectivity index (χ4n) is 6.83. The van der Waals surface area contributed by atoms with E-state index in [0.29, 0.717) is 5.75 Å². The fourth-order valence-corrected chi connectivity index (χ4v) is 8.35. The Balaban J connectivity index is 1.28. The molecular weight excluding hydrogens is 745 g/mol. The highest BCUT2D eigenvalue weighted by Gasteiger charge is 2.48. The van der Waals surface area contributed by atoms with Crippen molar-refractivity contribution >= 4 is 19.5 Å². The van der Waals surface area contributed by atoms with Gasteiger partial charge in [-0.25, -0.2) is 9.36 Å². The molecule has 0 amide bonds. The van der Waals surface area contributed by atoms with E-state index in [4.69, 9.17) is 23.3 Å². The normalized spacial score (nSPS) is 19.5. The third-order valence-corrected chi connectivity index (χ3v) is 11.2. The van der Waals surface area contributed by atoms with Gasteiger partial charge in [0.05, 0.1) is 32.0 Å². The number of nitrogens with one attached hydrogen (secondary N) is 2. The number of hydrogen-bond acceptors (Lipinski definition) is 11. The van der Waals surface area contributed by atoms with Gasteiger partial charge in [-0.3, -0.25) is 13.9 Å². The summed E-state index contributed by atoms with van der Waals surface area (Å²) < 4.78 is 44.1. The number of ether oxygens (including phenoxy) is 3. The van der Waals surface area contributed by atoms with E-state index in [1.54, 1.807) is 70.5 Å². The van der Waals surface area contributed by atoms with Crippen LogP contribution in [0.3, 0.4) is 0 Å². The zero-order chi connectivity index (χ0) is 40.6. The number of hydrogen-bond donors (Lipinski definition) is 2. The van der Waals surface area contributed by atoms with Crippen molar-refractivity contribution in [2.24, 2.45) is 5.41 Å². The summed E-state index contributed by atoms with van der Waals surface area (Å²) in [5, 5.41) is 16.6. The standard InChI is InChI=1S/C43H46N5O8P/c1-30(2)54-39(49)31(3)47-57(51,56-36-19-13-8-14-20-36)53-28-37-27-42(4,29-44)40(55-37)48-26-25-38(45-41(48)50)46-43(32-15-9-6-10-16-32,33-17-11-7-12-18-33)34-21-23-35(52-5)24-22-34/h6-26,30-31,37,40H,27-28H2,1-5H3,(H,47,51)(H,45,46,50)/t31-,37+,40-,42+,57-/m1/s1. The molecule has 0 aliphatic carbocycles. The van der Waals surface area contributed by atoms with E-state index < -0.39 is 54.8 Å². The summed E-state index contributed by atoms with van der Waals surface area (Å²) in [6.45, 7) is 6.28. The SMILES string of the molecule is COc1ccc(C(Nc2ccn([C@@H]3O[C@H](CO[P@](=O)(N[C@H](C)C(=O)OC(C)C)Oc4ccccc4)C[C@@]3(C)C#N)c(=O)n2)(c2ccccc2)c2ccccc2)cc1. The molecule has 0 unspecified atom stereocenters. The van der Waals surface area contributed by atoms with Crippen molar-refractivity contribution in [3.63, 3.8) is 0 Å². The number of rotatable bonds is 16. The van der Waals surface area contributed by atoms with Gasteiger partial charge >= 0.3 is 19.4 Å². The number of benzene rings is 4. The minimum absolute atomic E-state index is 0.124. The molecule has 1 aromatic heterocycles. The highest BCUT2D eigenvalue weighted by atomic mass is 31.2. The summed E-state index contributed by atoms with van der Waals surface area (Å²) in [4.78, 5) is 31.0. The average molecular weight is 792 g/mol. The number of aromatic nitrogens is 2. The molecule has 2 heterocycles. The summed E-state index contributed by atoms with van der Waals surface area (Å²) in [6.07, 6.45) is -0.587. The molecule has 13 nitrogen and oxygen atoms in total. The second-order valence-electron chi connectivity index (χ2n) is 14.2. The van der Waals surface area contributed by atoms with Crippen LogP contribution in [0.5, 0.6) is 11.5 Å². The van der Waals surface area contributed by atoms with E-state index in [1.165, 1.54) is 11.5 Å². The van der Waals surface area contributed by atoms with Gasteiger partial charge in [0, 0.05) is 6.20 Å². The molecule has 296 valence electrons. The van der Waals surface area contributed by atoms with Crippen molar-refractivity contribution in [3.8, 4) is 17.6 Å². The van der Waals surface area contributed by atoms with Crippen molar-refractivity contribution in [1.29, 1.82) is 5.26 Å². The summed E-state index contributed by atoms with van der Waals surface area (Å²) in [5.41, 5.74) is -0.168. The maximum Gasteiger partial charge on any atom is 0.459 e. The third kappa shape index (κ3) is 9.28. The molecule has 0 spiro atoms. The minimum atomic E-state index is -4.22. The lowest BCUT2D eigenvalue weighted by molar-refractivity contribution is -0.149. The first-order valence-electron chi connectivity index (χ1n) is 18.6. The largest absolute Gasteiger partial charge is 0.497 e. The van der Waals surface area contributed by atoms with E-state index >= 15 is 0 Å². The monoisotopic (exact) mass is 791 g/mol. The number of esters is 1. The maximum absolute atomic E-state index is 14.1. The molecule has 1 fully saturated rings. The summed E-state index contributed by atoms with van der Waals surface area (Å²) >= 11 is 0. The van der Waals surface area contributed by atoms with E-state index in [0.717, 1.165) is 16.7 Å². The number of nitrogens with zero attached hydrogens (tertiary/aromatic N) is 3. The van der Waals surface area contributed by atoms with Crippen LogP contribution >= 0.6 is 7.75 Å². The molecule has 0 radical (unpaired) electrons. The quantitative estimate of drug-likeness (QED) is 0.0572. The van der Waals surface area contributed by atoms with Gasteiger partial charge < -0.3 is 24.1 Å². The predicted octanol–water partition coefficient (Wildman–Crippen LogP) is 7.61. The summed E-state index contributed by atoms with van der Waals surface area (Å²) in [5.74, 6) is 0.579. The molecule has 57 heavy (non-hydrogen) atoms. The molecule has 6 rings (SSSR count). The van der Waals surface area contributed by atoms with Gasteiger partial charge in [0.1, 0.15) is 34.3 Å². The summed E-state index contributed by atoms with van der Waals surface area (Å²) in [6, 6.07) is 38.7. The second kappa shape index (κ2) is 17.6. The van der Waals surface area contributed by atoms with Gasteiger partial charge in [0.2, 0.25) is 0 Å². The molecule has 4 aromatic carbocycles. The summed E-state index contributed by atoms with van der Waals surface area (Å²) in [7, 11) is -2.61. The van der Waals surface area contributed by atoms with Crippen LogP contribution in [0.2, 0.25) is 0 Å². The highest BCUT2D eigenvalue weighted by molar-refractivity contribution is 7.52. The molecule has 0 saturated carbocycles. The molecule has 1 saturated heterocycles. The maximum atomic E-state index is 14.1. The van der Waals surface area contributed by atoms with Crippen LogP contribution in [0.15, 0.2) is 132 Å². The minimum Gasteiger partial charge on any atom is -0.497 e. The molecular formula is C43H46N5O8P. The number of methoxy groups -OCH3 is 1. The van der Waals surface area contributed by atoms with E-state index in [9.17, 15) is 19.4 Å². The van der Waals surface area contributed by atoms with Crippen LogP contribution in [0.25, 0.3) is 0 Å². The Hall–Kier alpha value is -5.77. The van der Waals surface area contributed by atoms with Gasteiger partial charge in [0.15, 0.2) is 6.23 Å². The molecule has 5 atom stereocenters. The van der Waals surface area contributed by atoms with Gasteiger partial charge in [-0.1, -0.05) is 91.0 Å². The average Bonchev–Trinajstić information content (AvgIpc) is 3.56. The number of nitriles is 1. The van der Waals surface area contributed by atoms with Gasteiger partial charge in [-0.05, 0) is 81.1 Å². The molecule has 2 N–H and O–H groups in total. The van der Waals surface area contributed by atoms with Crippen LogP contribution in [0, 0.1) is 16.7 Å². The van der Waals surface area contributed by atoms with Gasteiger partial charge in [0.25, 0.3) is 0 Å². The van der Waals surface area contributed by atoms with Crippen LogP contribution in [-0.2, 0) is 28.9 Å². The highest BCUT2D eigenvalue weighted by Crippen LogP contribution is 2.49. The molecule has 1 aliphatic heterocycles. The predicted molar refractivity (Wildman–Crippen MR) is 215 cm³/mol. The Morgan fingerprint density at radius 3 is 2.05 bits per heavy atom. The van der Waals surface area contributed by atoms with Crippen molar-refractivity contribution in [2.45, 2.75) is 64.1 Å². The molecule has 14 heteroatoms. The Bertz CT molecular complexity index is 2230. The van der Waals surface area contributed by atoms with Crippen LogP contribution in [0.4, 0.5) is 5.82 Å².